The molecule has 1 N–H and O–H groups in total. The number of fused-ring (bicyclic) bond motifs is 1. The van der Waals surface area contributed by atoms with Crippen molar-refractivity contribution >= 4 is 16.7 Å². The van der Waals surface area contributed by atoms with Gasteiger partial charge in [0.25, 0.3) is 0 Å². The summed E-state index contributed by atoms with van der Waals surface area (Å²) in [4.78, 5) is 4.26. The maximum Gasteiger partial charge on any atom is 0.202 e. The van der Waals surface area contributed by atoms with Gasteiger partial charge in [-0.1, -0.05) is 18.2 Å². The predicted octanol–water partition coefficient (Wildman–Crippen LogP) is 2.26. The number of aromatic nitrogens is 2. The van der Waals surface area contributed by atoms with Gasteiger partial charge in [-0.15, -0.1) is 0 Å². The van der Waals surface area contributed by atoms with Gasteiger partial charge in [0.1, 0.15) is 17.7 Å². The number of nitrogens with zero attached hydrogens (tertiary/aromatic N) is 2. The first-order valence-corrected chi connectivity index (χ1v) is 6.37. The fourth-order valence-corrected chi connectivity index (χ4v) is 2.52. The molecule has 0 spiro atoms. The summed E-state index contributed by atoms with van der Waals surface area (Å²) in [6, 6.07) is 8.18. The zero-order valence-corrected chi connectivity index (χ0v) is 10.3. The fourth-order valence-electron chi connectivity index (χ4n) is 1.94. The molecule has 4 nitrogen and oxygen atoms in total. The van der Waals surface area contributed by atoms with Gasteiger partial charge in [0, 0.05) is 18.0 Å². The highest BCUT2D eigenvalue weighted by molar-refractivity contribution is 7.09. The van der Waals surface area contributed by atoms with Crippen molar-refractivity contribution in [3.8, 4) is 5.75 Å². The lowest BCUT2D eigenvalue weighted by Gasteiger charge is -2.10. The van der Waals surface area contributed by atoms with E-state index in [0.717, 1.165) is 29.7 Å². The normalized spacial score (nSPS) is 17.6. The van der Waals surface area contributed by atoms with Gasteiger partial charge in [-0.05, 0) is 18.6 Å². The van der Waals surface area contributed by atoms with Gasteiger partial charge in [0.05, 0.1) is 6.54 Å². The highest BCUT2D eigenvalue weighted by Crippen LogP contribution is 2.28. The van der Waals surface area contributed by atoms with Crippen LogP contribution in [0.1, 0.15) is 11.4 Å². The Morgan fingerprint density at radius 3 is 3.12 bits per heavy atom. The molecule has 1 aromatic heterocycles. The van der Waals surface area contributed by atoms with Gasteiger partial charge >= 0.3 is 0 Å². The lowest BCUT2D eigenvalue weighted by molar-refractivity contribution is 0.246. The molecule has 0 amide bonds. The second-order valence-corrected chi connectivity index (χ2v) is 4.83. The number of ether oxygens (including phenoxy) is 1. The number of anilines is 1. The fraction of sp³-hybridized carbons (Fsp3) is 0.333. The quantitative estimate of drug-likeness (QED) is 0.903. The van der Waals surface area contributed by atoms with E-state index < -0.39 is 0 Å². The van der Waals surface area contributed by atoms with Crippen LogP contribution in [0.4, 0.5) is 5.13 Å². The first-order chi connectivity index (χ1) is 8.31. The Hall–Kier alpha value is -1.62. The smallest absolute Gasteiger partial charge is 0.202 e. The van der Waals surface area contributed by atoms with E-state index >= 15 is 0 Å². The maximum atomic E-state index is 5.83. The standard InChI is InChI=1S/C12H13N3OS/c1-8-14-12(17-15-8)13-7-10-6-9-4-2-3-5-11(9)16-10/h2-5,10H,6-7H2,1H3,(H,13,14,15). The molecule has 1 aliphatic rings. The van der Waals surface area contributed by atoms with Crippen molar-refractivity contribution in [3.63, 3.8) is 0 Å². The summed E-state index contributed by atoms with van der Waals surface area (Å²) in [5, 5.41) is 4.13. The number of rotatable bonds is 3. The minimum Gasteiger partial charge on any atom is -0.488 e. The second-order valence-electron chi connectivity index (χ2n) is 4.08. The van der Waals surface area contributed by atoms with Crippen LogP contribution < -0.4 is 10.1 Å². The predicted molar refractivity (Wildman–Crippen MR) is 67.7 cm³/mol. The average molecular weight is 247 g/mol. The van der Waals surface area contributed by atoms with Crippen molar-refractivity contribution in [3.05, 3.63) is 35.7 Å². The van der Waals surface area contributed by atoms with E-state index in [1.165, 1.54) is 17.1 Å². The van der Waals surface area contributed by atoms with E-state index in [9.17, 15) is 0 Å². The largest absolute Gasteiger partial charge is 0.488 e. The van der Waals surface area contributed by atoms with Crippen LogP contribution in [0.5, 0.6) is 5.75 Å². The van der Waals surface area contributed by atoms with E-state index in [4.69, 9.17) is 4.74 Å². The molecule has 0 aliphatic carbocycles. The summed E-state index contributed by atoms with van der Waals surface area (Å²) in [7, 11) is 0. The van der Waals surface area contributed by atoms with Crippen molar-refractivity contribution in [1.82, 2.24) is 9.36 Å². The lowest BCUT2D eigenvalue weighted by atomic mass is 10.1. The van der Waals surface area contributed by atoms with Crippen molar-refractivity contribution < 1.29 is 4.74 Å². The number of nitrogens with one attached hydrogen (secondary N) is 1. The van der Waals surface area contributed by atoms with Crippen LogP contribution in [-0.2, 0) is 6.42 Å². The van der Waals surface area contributed by atoms with Crippen molar-refractivity contribution in [2.75, 3.05) is 11.9 Å². The molecule has 1 aliphatic heterocycles. The Balaban J connectivity index is 1.59. The van der Waals surface area contributed by atoms with Crippen LogP contribution >= 0.6 is 11.5 Å². The second kappa shape index (κ2) is 4.33. The van der Waals surface area contributed by atoms with Gasteiger partial charge in [-0.3, -0.25) is 0 Å². The Morgan fingerprint density at radius 2 is 2.35 bits per heavy atom. The van der Waals surface area contributed by atoms with E-state index in [2.05, 4.69) is 20.7 Å². The minimum absolute atomic E-state index is 0.191. The Bertz CT molecular complexity index is 501. The summed E-state index contributed by atoms with van der Waals surface area (Å²) in [6.45, 7) is 2.66. The van der Waals surface area contributed by atoms with Crippen molar-refractivity contribution in [1.29, 1.82) is 0 Å². The van der Waals surface area contributed by atoms with E-state index in [1.54, 1.807) is 0 Å². The molecule has 3 rings (SSSR count). The third kappa shape index (κ3) is 2.24. The number of hydrogen-bond acceptors (Lipinski definition) is 5. The highest BCUT2D eigenvalue weighted by Gasteiger charge is 2.22. The maximum absolute atomic E-state index is 5.83. The minimum atomic E-state index is 0.191. The third-order valence-electron chi connectivity index (χ3n) is 2.72. The van der Waals surface area contributed by atoms with Crippen LogP contribution in [0, 0.1) is 6.92 Å². The number of aryl methyl sites for hydroxylation is 1. The van der Waals surface area contributed by atoms with Crippen molar-refractivity contribution in [2.24, 2.45) is 0 Å². The van der Waals surface area contributed by atoms with Gasteiger partial charge in [-0.25, -0.2) is 4.98 Å². The van der Waals surface area contributed by atoms with Crippen LogP contribution in [0.2, 0.25) is 0 Å². The van der Waals surface area contributed by atoms with Gasteiger partial charge in [0.15, 0.2) is 0 Å². The molecule has 88 valence electrons. The summed E-state index contributed by atoms with van der Waals surface area (Å²) in [5.74, 6) is 1.82. The highest BCUT2D eigenvalue weighted by atomic mass is 32.1. The first kappa shape index (κ1) is 10.5. The molecular formula is C12H13N3OS. The van der Waals surface area contributed by atoms with Gasteiger partial charge < -0.3 is 10.1 Å². The van der Waals surface area contributed by atoms with E-state index in [0.29, 0.717) is 0 Å². The monoisotopic (exact) mass is 247 g/mol. The SMILES string of the molecule is Cc1nsc(NCC2Cc3ccccc3O2)n1. The van der Waals surface area contributed by atoms with Gasteiger partial charge in [-0.2, -0.15) is 4.37 Å². The molecule has 1 atom stereocenters. The van der Waals surface area contributed by atoms with Crippen LogP contribution in [0.25, 0.3) is 0 Å². The summed E-state index contributed by atoms with van der Waals surface area (Å²) in [5.41, 5.74) is 1.28. The summed E-state index contributed by atoms with van der Waals surface area (Å²) in [6.07, 6.45) is 1.15. The molecular weight excluding hydrogens is 234 g/mol. The Morgan fingerprint density at radius 1 is 1.47 bits per heavy atom. The molecule has 1 aromatic carbocycles. The third-order valence-corrected chi connectivity index (χ3v) is 3.49. The van der Waals surface area contributed by atoms with E-state index in [-0.39, 0.29) is 6.10 Å². The van der Waals surface area contributed by atoms with Crippen molar-refractivity contribution in [2.45, 2.75) is 19.4 Å². The summed E-state index contributed by atoms with van der Waals surface area (Å²) >= 11 is 1.39. The average Bonchev–Trinajstić information content (AvgIpc) is 2.91. The Kier molecular flexibility index (Phi) is 2.68. The molecule has 5 heteroatoms. The number of benzene rings is 1. The molecule has 0 saturated carbocycles. The molecule has 2 heterocycles. The molecule has 0 radical (unpaired) electrons. The molecule has 17 heavy (non-hydrogen) atoms. The number of para-hydroxylation sites is 1. The lowest BCUT2D eigenvalue weighted by Crippen LogP contribution is -2.23. The zero-order chi connectivity index (χ0) is 11.7. The molecule has 0 fully saturated rings. The van der Waals surface area contributed by atoms with E-state index in [1.807, 2.05) is 25.1 Å². The molecule has 0 bridgehead atoms. The molecule has 0 saturated heterocycles. The van der Waals surface area contributed by atoms with Gasteiger partial charge in [0.2, 0.25) is 5.13 Å². The topological polar surface area (TPSA) is 47.0 Å². The van der Waals surface area contributed by atoms with Crippen LogP contribution in [0.3, 0.4) is 0 Å². The Labute approximate surface area is 104 Å². The van der Waals surface area contributed by atoms with Crippen LogP contribution in [-0.4, -0.2) is 22.0 Å². The summed E-state index contributed by atoms with van der Waals surface area (Å²) < 4.78 is 9.96. The first-order valence-electron chi connectivity index (χ1n) is 5.60. The molecule has 2 aromatic rings. The number of hydrogen-bond donors (Lipinski definition) is 1. The molecule has 1 unspecified atom stereocenters. The van der Waals surface area contributed by atoms with Crippen LogP contribution in [0.15, 0.2) is 24.3 Å². The zero-order valence-electron chi connectivity index (χ0n) is 9.51.